The maximum Gasteiger partial charge on any atom is 0.0205 e. The molecule has 0 amide bonds. The van der Waals surface area contributed by atoms with E-state index in [2.05, 4.69) is 50.4 Å². The van der Waals surface area contributed by atoms with E-state index in [4.69, 9.17) is 0 Å². The Balaban J connectivity index is 2.15. The van der Waals surface area contributed by atoms with Gasteiger partial charge in [-0.15, -0.1) is 11.8 Å². The number of hydrogen-bond donors (Lipinski definition) is 1. The number of benzene rings is 1. The summed E-state index contributed by atoms with van der Waals surface area (Å²) in [7, 11) is 0. The zero-order chi connectivity index (χ0) is 14.6. The fourth-order valence-electron chi connectivity index (χ4n) is 2.10. The number of hydrogen-bond acceptors (Lipinski definition) is 2. The minimum atomic E-state index is 0.720. The third-order valence-electron chi connectivity index (χ3n) is 3.32. The van der Waals surface area contributed by atoms with E-state index in [0.29, 0.717) is 0 Å². The molecule has 1 nitrogen and oxygen atoms in total. The highest BCUT2D eigenvalue weighted by Crippen LogP contribution is 2.20. The summed E-state index contributed by atoms with van der Waals surface area (Å²) in [4.78, 5) is 1.41. The second kappa shape index (κ2) is 11.2. The van der Waals surface area contributed by atoms with E-state index >= 15 is 0 Å². The zero-order valence-corrected chi connectivity index (χ0v) is 14.3. The van der Waals surface area contributed by atoms with Crippen LogP contribution >= 0.6 is 11.8 Å². The second-order valence-corrected chi connectivity index (χ2v) is 7.10. The van der Waals surface area contributed by atoms with Gasteiger partial charge in [0.05, 0.1) is 0 Å². The van der Waals surface area contributed by atoms with Gasteiger partial charge in [0.2, 0.25) is 0 Å². The van der Waals surface area contributed by atoms with Crippen LogP contribution in [-0.2, 0) is 6.54 Å². The van der Waals surface area contributed by atoms with Gasteiger partial charge in [-0.3, -0.25) is 0 Å². The summed E-state index contributed by atoms with van der Waals surface area (Å²) >= 11 is 2.00. The first kappa shape index (κ1) is 17.6. The number of thioether (sulfide) groups is 1. The molecule has 114 valence electrons. The smallest absolute Gasteiger partial charge is 0.0205 e. The topological polar surface area (TPSA) is 12.0 Å². The third-order valence-corrected chi connectivity index (χ3v) is 4.42. The Bertz CT molecular complexity index is 332. The van der Waals surface area contributed by atoms with Gasteiger partial charge >= 0.3 is 0 Å². The Morgan fingerprint density at radius 2 is 1.70 bits per heavy atom. The normalized spacial score (nSPS) is 11.2. The van der Waals surface area contributed by atoms with Gasteiger partial charge in [-0.25, -0.2) is 0 Å². The van der Waals surface area contributed by atoms with Crippen molar-refractivity contribution in [2.24, 2.45) is 5.92 Å². The molecule has 0 bridgehead atoms. The summed E-state index contributed by atoms with van der Waals surface area (Å²) < 4.78 is 0. The molecule has 0 atom stereocenters. The summed E-state index contributed by atoms with van der Waals surface area (Å²) in [6, 6.07) is 9.05. The highest BCUT2D eigenvalue weighted by Gasteiger charge is 1.97. The van der Waals surface area contributed by atoms with Gasteiger partial charge in [0.1, 0.15) is 0 Å². The van der Waals surface area contributed by atoms with Crippen LogP contribution < -0.4 is 5.32 Å². The largest absolute Gasteiger partial charge is 0.312 e. The minimum absolute atomic E-state index is 0.720. The molecule has 0 aliphatic carbocycles. The average molecular weight is 294 g/mol. The summed E-state index contributed by atoms with van der Waals surface area (Å²) in [5.74, 6) is 1.98. The van der Waals surface area contributed by atoms with E-state index in [1.807, 2.05) is 11.8 Å². The first-order chi connectivity index (χ1) is 9.72. The molecule has 2 heteroatoms. The van der Waals surface area contributed by atoms with Crippen molar-refractivity contribution in [2.75, 3.05) is 12.3 Å². The number of rotatable bonds is 11. The van der Waals surface area contributed by atoms with Crippen LogP contribution in [0.5, 0.6) is 0 Å². The summed E-state index contributed by atoms with van der Waals surface area (Å²) in [6.45, 7) is 8.83. The van der Waals surface area contributed by atoms with Gasteiger partial charge in [0.15, 0.2) is 0 Å². The van der Waals surface area contributed by atoms with E-state index < -0.39 is 0 Å². The lowest BCUT2D eigenvalue weighted by atomic mass is 10.2. The molecule has 0 aliphatic rings. The standard InChI is InChI=1S/C18H31NS/c1-4-5-6-7-8-13-20-18-11-9-17(10-12-18)15-19-14-16(2)3/h9-12,16,19H,4-8,13-15H2,1-3H3. The lowest BCUT2D eigenvalue weighted by Gasteiger charge is -2.08. The molecule has 0 saturated carbocycles. The molecule has 20 heavy (non-hydrogen) atoms. The predicted octanol–water partition coefficient (Wildman–Crippen LogP) is 5.49. The Hall–Kier alpha value is -0.470. The van der Waals surface area contributed by atoms with Gasteiger partial charge in [-0.2, -0.15) is 0 Å². The second-order valence-electron chi connectivity index (χ2n) is 5.93. The number of nitrogens with one attached hydrogen (secondary N) is 1. The van der Waals surface area contributed by atoms with Crippen molar-refractivity contribution >= 4 is 11.8 Å². The van der Waals surface area contributed by atoms with Crippen LogP contribution in [0.2, 0.25) is 0 Å². The lowest BCUT2D eigenvalue weighted by molar-refractivity contribution is 0.552. The Kier molecular flexibility index (Phi) is 9.86. The highest BCUT2D eigenvalue weighted by atomic mass is 32.2. The Labute approximate surface area is 129 Å². The first-order valence-electron chi connectivity index (χ1n) is 8.14. The number of unbranched alkanes of at least 4 members (excludes halogenated alkanes) is 4. The third kappa shape index (κ3) is 8.65. The summed E-state index contributed by atoms with van der Waals surface area (Å²) in [5, 5.41) is 3.49. The first-order valence-corrected chi connectivity index (χ1v) is 9.13. The molecule has 0 aliphatic heterocycles. The molecule has 0 unspecified atom stereocenters. The summed E-state index contributed by atoms with van der Waals surface area (Å²) in [6.07, 6.45) is 6.86. The van der Waals surface area contributed by atoms with E-state index in [0.717, 1.165) is 19.0 Å². The van der Waals surface area contributed by atoms with Crippen LogP contribution in [0.4, 0.5) is 0 Å². The molecule has 0 radical (unpaired) electrons. The van der Waals surface area contributed by atoms with Crippen molar-refractivity contribution in [2.45, 2.75) is 64.3 Å². The van der Waals surface area contributed by atoms with Crippen LogP contribution in [0, 0.1) is 5.92 Å². The van der Waals surface area contributed by atoms with Gasteiger partial charge < -0.3 is 5.32 Å². The van der Waals surface area contributed by atoms with Crippen LogP contribution in [0.3, 0.4) is 0 Å². The van der Waals surface area contributed by atoms with E-state index in [1.54, 1.807) is 0 Å². The van der Waals surface area contributed by atoms with Crippen LogP contribution in [0.1, 0.15) is 58.4 Å². The maximum atomic E-state index is 3.49. The fraction of sp³-hybridized carbons (Fsp3) is 0.667. The monoisotopic (exact) mass is 293 g/mol. The van der Waals surface area contributed by atoms with Crippen LogP contribution in [0.25, 0.3) is 0 Å². The van der Waals surface area contributed by atoms with Crippen molar-refractivity contribution in [1.29, 1.82) is 0 Å². The molecular weight excluding hydrogens is 262 g/mol. The quantitative estimate of drug-likeness (QED) is 0.427. The van der Waals surface area contributed by atoms with Crippen molar-refractivity contribution in [1.82, 2.24) is 5.32 Å². The SMILES string of the molecule is CCCCCCCSc1ccc(CNCC(C)C)cc1. The molecule has 1 aromatic carbocycles. The lowest BCUT2D eigenvalue weighted by Crippen LogP contribution is -2.18. The molecule has 0 saturated heterocycles. The molecule has 0 fully saturated rings. The summed E-state index contributed by atoms with van der Waals surface area (Å²) in [5.41, 5.74) is 1.39. The Morgan fingerprint density at radius 3 is 2.35 bits per heavy atom. The molecule has 1 rings (SSSR count). The molecule has 0 spiro atoms. The van der Waals surface area contributed by atoms with Crippen molar-refractivity contribution < 1.29 is 0 Å². The average Bonchev–Trinajstić information content (AvgIpc) is 2.44. The van der Waals surface area contributed by atoms with Gasteiger partial charge in [0.25, 0.3) is 0 Å². The Morgan fingerprint density at radius 1 is 1.00 bits per heavy atom. The van der Waals surface area contributed by atoms with Crippen molar-refractivity contribution in [3.05, 3.63) is 29.8 Å². The molecule has 1 N–H and O–H groups in total. The van der Waals surface area contributed by atoms with Crippen molar-refractivity contribution in [3.8, 4) is 0 Å². The van der Waals surface area contributed by atoms with Gasteiger partial charge in [0, 0.05) is 11.4 Å². The fourth-order valence-corrected chi connectivity index (χ4v) is 3.02. The predicted molar refractivity (Wildman–Crippen MR) is 92.5 cm³/mol. The van der Waals surface area contributed by atoms with E-state index in [-0.39, 0.29) is 0 Å². The van der Waals surface area contributed by atoms with Crippen LogP contribution in [0.15, 0.2) is 29.2 Å². The van der Waals surface area contributed by atoms with Gasteiger partial charge in [-0.1, -0.05) is 58.6 Å². The molecular formula is C18H31NS. The molecule has 1 aromatic rings. The minimum Gasteiger partial charge on any atom is -0.312 e. The maximum absolute atomic E-state index is 3.49. The molecule has 0 heterocycles. The van der Waals surface area contributed by atoms with E-state index in [9.17, 15) is 0 Å². The van der Waals surface area contributed by atoms with Crippen molar-refractivity contribution in [3.63, 3.8) is 0 Å². The van der Waals surface area contributed by atoms with Gasteiger partial charge in [-0.05, 0) is 42.3 Å². The zero-order valence-electron chi connectivity index (χ0n) is 13.5. The highest BCUT2D eigenvalue weighted by molar-refractivity contribution is 7.99. The molecule has 0 aromatic heterocycles. The van der Waals surface area contributed by atoms with Crippen LogP contribution in [-0.4, -0.2) is 12.3 Å². The van der Waals surface area contributed by atoms with E-state index in [1.165, 1.54) is 48.3 Å².